The molecule has 156 valence electrons. The van der Waals surface area contributed by atoms with E-state index in [0.717, 1.165) is 11.4 Å². The van der Waals surface area contributed by atoms with E-state index in [9.17, 15) is 9.59 Å². The van der Waals surface area contributed by atoms with Crippen molar-refractivity contribution in [1.82, 2.24) is 9.78 Å². The molecule has 0 saturated carbocycles. The second-order valence-electron chi connectivity index (χ2n) is 6.52. The van der Waals surface area contributed by atoms with Gasteiger partial charge in [-0.2, -0.15) is 5.10 Å². The number of anilines is 1. The molecule has 8 nitrogen and oxygen atoms in total. The number of rotatable bonds is 7. The van der Waals surface area contributed by atoms with Gasteiger partial charge >= 0.3 is 5.97 Å². The van der Waals surface area contributed by atoms with Crippen LogP contribution in [0.1, 0.15) is 21.7 Å². The lowest BCUT2D eigenvalue weighted by atomic mass is 10.2. The first-order valence-electron chi connectivity index (χ1n) is 9.24. The van der Waals surface area contributed by atoms with Gasteiger partial charge in [-0.3, -0.25) is 4.79 Å². The van der Waals surface area contributed by atoms with Gasteiger partial charge in [0, 0.05) is 6.07 Å². The van der Waals surface area contributed by atoms with Crippen LogP contribution in [0.25, 0.3) is 5.69 Å². The van der Waals surface area contributed by atoms with Crippen molar-refractivity contribution in [3.05, 3.63) is 65.5 Å². The van der Waals surface area contributed by atoms with Crippen molar-refractivity contribution in [2.75, 3.05) is 26.1 Å². The standard InChI is InChI=1S/C22H23N3O5/c1-14-21(15(2)25(24-14)17-8-6-5-7-9-17)23-20(26)13-30-22(27)16-10-18(28-3)12-19(11-16)29-4/h5-12H,13H2,1-4H3,(H,23,26). The third-order valence-corrected chi connectivity index (χ3v) is 4.48. The van der Waals surface area contributed by atoms with Crippen molar-refractivity contribution in [2.45, 2.75) is 13.8 Å². The molecule has 0 aliphatic rings. The predicted octanol–water partition coefficient (Wildman–Crippen LogP) is 3.30. The van der Waals surface area contributed by atoms with Crippen molar-refractivity contribution in [3.63, 3.8) is 0 Å². The minimum absolute atomic E-state index is 0.225. The number of hydrogen-bond acceptors (Lipinski definition) is 6. The van der Waals surface area contributed by atoms with Crippen LogP contribution in [0.2, 0.25) is 0 Å². The van der Waals surface area contributed by atoms with Crippen LogP contribution in [-0.4, -0.2) is 42.5 Å². The number of para-hydroxylation sites is 1. The lowest BCUT2D eigenvalue weighted by Crippen LogP contribution is -2.21. The van der Waals surface area contributed by atoms with Crippen molar-refractivity contribution in [3.8, 4) is 17.2 Å². The molecule has 0 aliphatic carbocycles. The van der Waals surface area contributed by atoms with Crippen LogP contribution in [-0.2, 0) is 9.53 Å². The Hall–Kier alpha value is -3.81. The molecule has 0 fully saturated rings. The molecular formula is C22H23N3O5. The molecule has 0 atom stereocenters. The number of carbonyl (C=O) groups is 2. The van der Waals surface area contributed by atoms with E-state index < -0.39 is 18.5 Å². The number of hydrogen-bond donors (Lipinski definition) is 1. The maximum Gasteiger partial charge on any atom is 0.338 e. The van der Waals surface area contributed by atoms with Crippen molar-refractivity contribution in [1.29, 1.82) is 0 Å². The Bertz CT molecular complexity index is 1040. The maximum atomic E-state index is 12.4. The van der Waals surface area contributed by atoms with E-state index in [1.807, 2.05) is 37.3 Å². The number of nitrogens with one attached hydrogen (secondary N) is 1. The summed E-state index contributed by atoms with van der Waals surface area (Å²) < 4.78 is 17.2. The van der Waals surface area contributed by atoms with Gasteiger partial charge < -0.3 is 19.5 Å². The minimum atomic E-state index is -0.657. The zero-order valence-corrected chi connectivity index (χ0v) is 17.3. The van der Waals surface area contributed by atoms with Crippen molar-refractivity contribution >= 4 is 17.6 Å². The minimum Gasteiger partial charge on any atom is -0.497 e. The molecule has 1 amide bonds. The quantitative estimate of drug-likeness (QED) is 0.602. The molecule has 3 aromatic rings. The lowest BCUT2D eigenvalue weighted by molar-refractivity contribution is -0.119. The normalized spacial score (nSPS) is 10.4. The van der Waals surface area contributed by atoms with Crippen LogP contribution < -0.4 is 14.8 Å². The lowest BCUT2D eigenvalue weighted by Gasteiger charge is -2.10. The zero-order valence-electron chi connectivity index (χ0n) is 17.3. The second kappa shape index (κ2) is 9.13. The largest absolute Gasteiger partial charge is 0.497 e. The van der Waals surface area contributed by atoms with E-state index in [0.29, 0.717) is 22.9 Å². The number of ether oxygens (including phenoxy) is 3. The summed E-state index contributed by atoms with van der Waals surface area (Å²) in [7, 11) is 2.97. The van der Waals surface area contributed by atoms with E-state index in [-0.39, 0.29) is 5.56 Å². The molecule has 0 aliphatic heterocycles. The van der Waals surface area contributed by atoms with Crippen molar-refractivity contribution in [2.24, 2.45) is 0 Å². The van der Waals surface area contributed by atoms with Crippen LogP contribution in [0.5, 0.6) is 11.5 Å². The highest BCUT2D eigenvalue weighted by molar-refractivity contribution is 5.96. The zero-order chi connectivity index (χ0) is 21.7. The molecular weight excluding hydrogens is 386 g/mol. The Balaban J connectivity index is 1.67. The summed E-state index contributed by atoms with van der Waals surface area (Å²) in [5.41, 5.74) is 3.13. The van der Waals surface area contributed by atoms with E-state index in [2.05, 4.69) is 10.4 Å². The number of aromatic nitrogens is 2. The average molecular weight is 409 g/mol. The Morgan fingerprint density at radius 3 is 2.23 bits per heavy atom. The van der Waals surface area contributed by atoms with Gasteiger partial charge in [-0.15, -0.1) is 0 Å². The summed E-state index contributed by atoms with van der Waals surface area (Å²) in [5, 5.41) is 7.25. The number of esters is 1. The SMILES string of the molecule is COc1cc(OC)cc(C(=O)OCC(=O)Nc2c(C)nn(-c3ccccc3)c2C)c1. The molecule has 1 heterocycles. The average Bonchev–Trinajstić information content (AvgIpc) is 3.05. The van der Waals surface area contributed by atoms with Crippen LogP contribution in [0.4, 0.5) is 5.69 Å². The van der Waals surface area contributed by atoms with Gasteiger partial charge in [-0.1, -0.05) is 18.2 Å². The number of amides is 1. The maximum absolute atomic E-state index is 12.4. The van der Waals surface area contributed by atoms with Gasteiger partial charge in [-0.25, -0.2) is 9.48 Å². The molecule has 1 aromatic heterocycles. The summed E-state index contributed by atoms with van der Waals surface area (Å²) in [6.45, 7) is 3.22. The summed E-state index contributed by atoms with van der Waals surface area (Å²) >= 11 is 0. The molecule has 0 bridgehead atoms. The Morgan fingerprint density at radius 2 is 1.63 bits per heavy atom. The molecule has 8 heteroatoms. The fourth-order valence-electron chi connectivity index (χ4n) is 2.96. The summed E-state index contributed by atoms with van der Waals surface area (Å²) in [6, 6.07) is 14.3. The highest BCUT2D eigenvalue weighted by atomic mass is 16.5. The van der Waals surface area contributed by atoms with Gasteiger partial charge in [0.25, 0.3) is 5.91 Å². The van der Waals surface area contributed by atoms with Crippen LogP contribution in [0.15, 0.2) is 48.5 Å². The number of benzene rings is 2. The highest BCUT2D eigenvalue weighted by Crippen LogP contribution is 2.24. The molecule has 30 heavy (non-hydrogen) atoms. The van der Waals surface area contributed by atoms with Gasteiger partial charge in [-0.05, 0) is 38.1 Å². The van der Waals surface area contributed by atoms with Crippen LogP contribution in [0.3, 0.4) is 0 Å². The number of nitrogens with zero attached hydrogens (tertiary/aromatic N) is 2. The third-order valence-electron chi connectivity index (χ3n) is 4.48. The number of aryl methyl sites for hydroxylation is 1. The van der Waals surface area contributed by atoms with Crippen LogP contribution in [0, 0.1) is 13.8 Å². The summed E-state index contributed by atoms with van der Waals surface area (Å²) in [5.74, 6) is -0.219. The molecule has 0 radical (unpaired) electrons. The number of carbonyl (C=O) groups excluding carboxylic acids is 2. The first-order valence-corrected chi connectivity index (χ1v) is 9.24. The third kappa shape index (κ3) is 4.60. The predicted molar refractivity (Wildman–Crippen MR) is 111 cm³/mol. The Labute approximate surface area is 174 Å². The van der Waals surface area contributed by atoms with E-state index in [4.69, 9.17) is 14.2 Å². The summed E-state index contributed by atoms with van der Waals surface area (Å²) in [6.07, 6.45) is 0. The molecule has 0 spiro atoms. The smallest absolute Gasteiger partial charge is 0.338 e. The number of methoxy groups -OCH3 is 2. The van der Waals surface area contributed by atoms with Gasteiger partial charge in [0.15, 0.2) is 6.61 Å². The van der Waals surface area contributed by atoms with Crippen LogP contribution >= 0.6 is 0 Å². The van der Waals surface area contributed by atoms with Gasteiger partial charge in [0.2, 0.25) is 0 Å². The molecule has 0 unspecified atom stereocenters. The van der Waals surface area contributed by atoms with E-state index in [1.54, 1.807) is 17.7 Å². The first kappa shape index (κ1) is 20.9. The van der Waals surface area contributed by atoms with Gasteiger partial charge in [0.05, 0.1) is 42.5 Å². The summed E-state index contributed by atoms with van der Waals surface area (Å²) in [4.78, 5) is 24.7. The monoisotopic (exact) mass is 409 g/mol. The molecule has 3 rings (SSSR count). The Kier molecular flexibility index (Phi) is 6.36. The van der Waals surface area contributed by atoms with E-state index >= 15 is 0 Å². The Morgan fingerprint density at radius 1 is 1.00 bits per heavy atom. The first-order chi connectivity index (χ1) is 14.4. The highest BCUT2D eigenvalue weighted by Gasteiger charge is 2.17. The molecule has 1 N–H and O–H groups in total. The fourth-order valence-corrected chi connectivity index (χ4v) is 2.96. The van der Waals surface area contributed by atoms with Crippen molar-refractivity contribution < 1.29 is 23.8 Å². The fraction of sp³-hybridized carbons (Fsp3) is 0.227. The topological polar surface area (TPSA) is 91.7 Å². The van der Waals surface area contributed by atoms with E-state index in [1.165, 1.54) is 26.4 Å². The molecule has 2 aromatic carbocycles. The molecule has 0 saturated heterocycles. The van der Waals surface area contributed by atoms with Gasteiger partial charge in [0.1, 0.15) is 11.5 Å². The second-order valence-corrected chi connectivity index (χ2v) is 6.52.